The van der Waals surface area contributed by atoms with E-state index in [0.29, 0.717) is 42.1 Å². The van der Waals surface area contributed by atoms with Gasteiger partial charge in [0, 0.05) is 25.6 Å². The first kappa shape index (κ1) is 24.3. The second-order valence-electron chi connectivity index (χ2n) is 9.51. The summed E-state index contributed by atoms with van der Waals surface area (Å²) < 4.78 is 64.6. The molecule has 0 amide bonds. The van der Waals surface area contributed by atoms with Crippen LogP contribution in [0.4, 0.5) is 23.5 Å². The molecule has 1 unspecified atom stereocenters. The van der Waals surface area contributed by atoms with Crippen molar-refractivity contribution in [3.05, 3.63) is 36.0 Å². The second-order valence-corrected chi connectivity index (χ2v) is 9.51. The summed E-state index contributed by atoms with van der Waals surface area (Å²) in [6.45, 7) is 3.94. The summed E-state index contributed by atoms with van der Waals surface area (Å²) in [5.41, 5.74) is 0.564. The lowest BCUT2D eigenvalue weighted by molar-refractivity contribution is 0.127. The number of benzene rings is 1. The number of imidazole rings is 1. The number of nitrogens with zero attached hydrogens (tertiary/aromatic N) is 6. The molecule has 4 aromatic rings. The van der Waals surface area contributed by atoms with Crippen molar-refractivity contribution in [2.45, 2.75) is 32.5 Å². The average molecular weight is 506 g/mol. The van der Waals surface area contributed by atoms with Crippen molar-refractivity contribution < 1.29 is 22.3 Å². The SMILES string of the molecule is COc1nc(NC[C@@H]2CN(C)CC2(C)F)nn2cc(F)c(-c3ccc4nc(C)n(CC(F)F)c4c3)c12. The molecule has 1 saturated heterocycles. The Bertz CT molecular complexity index is 1430. The number of hydrogen-bond acceptors (Lipinski definition) is 6. The third-order valence-electron chi connectivity index (χ3n) is 6.76. The lowest BCUT2D eigenvalue weighted by Crippen LogP contribution is -2.33. The van der Waals surface area contributed by atoms with Crippen LogP contribution in [-0.4, -0.2) is 74.9 Å². The van der Waals surface area contributed by atoms with Crippen LogP contribution in [0.2, 0.25) is 0 Å². The van der Waals surface area contributed by atoms with Gasteiger partial charge in [-0.2, -0.15) is 4.98 Å². The summed E-state index contributed by atoms with van der Waals surface area (Å²) in [6.07, 6.45) is -1.36. The molecule has 36 heavy (non-hydrogen) atoms. The Kier molecular flexibility index (Phi) is 6.01. The van der Waals surface area contributed by atoms with E-state index in [2.05, 4.69) is 20.4 Å². The van der Waals surface area contributed by atoms with Gasteiger partial charge in [-0.3, -0.25) is 0 Å². The number of nitrogens with one attached hydrogen (secondary N) is 1. The predicted octanol–water partition coefficient (Wildman–Crippen LogP) is 4.17. The maximum Gasteiger partial charge on any atom is 0.256 e. The molecular formula is C24H27F4N7O. The van der Waals surface area contributed by atoms with Crippen molar-refractivity contribution >= 4 is 22.5 Å². The molecule has 0 bridgehead atoms. The van der Waals surface area contributed by atoms with Crippen LogP contribution in [-0.2, 0) is 6.54 Å². The van der Waals surface area contributed by atoms with E-state index in [-0.39, 0.29) is 28.8 Å². The highest BCUT2D eigenvalue weighted by atomic mass is 19.3. The molecule has 0 aliphatic carbocycles. The number of rotatable bonds is 7. The summed E-state index contributed by atoms with van der Waals surface area (Å²) in [5, 5.41) is 7.42. The Balaban J connectivity index is 1.53. The van der Waals surface area contributed by atoms with Gasteiger partial charge in [-0.25, -0.2) is 27.1 Å². The zero-order valence-corrected chi connectivity index (χ0v) is 20.4. The van der Waals surface area contributed by atoms with Crippen LogP contribution in [0, 0.1) is 18.7 Å². The molecule has 1 aliphatic rings. The van der Waals surface area contributed by atoms with Crippen molar-refractivity contribution in [2.24, 2.45) is 5.92 Å². The third kappa shape index (κ3) is 4.23. The predicted molar refractivity (Wildman–Crippen MR) is 128 cm³/mol. The summed E-state index contributed by atoms with van der Waals surface area (Å²) in [5.74, 6) is -0.107. The number of aromatic nitrogens is 5. The number of aryl methyl sites for hydroxylation is 1. The van der Waals surface area contributed by atoms with Crippen LogP contribution < -0.4 is 10.1 Å². The molecule has 5 rings (SSSR count). The fourth-order valence-corrected chi connectivity index (χ4v) is 5.06. The summed E-state index contributed by atoms with van der Waals surface area (Å²) in [4.78, 5) is 10.6. The normalized spacial score (nSPS) is 20.8. The molecular weight excluding hydrogens is 478 g/mol. The van der Waals surface area contributed by atoms with Gasteiger partial charge in [0.1, 0.15) is 17.0 Å². The maximum atomic E-state index is 15.3. The molecule has 192 valence electrons. The smallest absolute Gasteiger partial charge is 0.256 e. The maximum absolute atomic E-state index is 15.3. The molecule has 1 N–H and O–H groups in total. The number of methoxy groups -OCH3 is 1. The van der Waals surface area contributed by atoms with Crippen LogP contribution in [0.25, 0.3) is 27.7 Å². The van der Waals surface area contributed by atoms with Gasteiger partial charge in [-0.1, -0.05) is 6.07 Å². The van der Waals surface area contributed by atoms with Gasteiger partial charge in [-0.05, 0) is 38.6 Å². The van der Waals surface area contributed by atoms with Crippen LogP contribution in [0.5, 0.6) is 5.88 Å². The van der Waals surface area contributed by atoms with Gasteiger partial charge in [0.25, 0.3) is 6.43 Å². The molecule has 1 aliphatic heterocycles. The minimum atomic E-state index is -2.56. The molecule has 0 saturated carbocycles. The summed E-state index contributed by atoms with van der Waals surface area (Å²) in [6, 6.07) is 4.96. The topological polar surface area (TPSA) is 72.5 Å². The van der Waals surface area contributed by atoms with Gasteiger partial charge in [0.05, 0.1) is 36.4 Å². The molecule has 0 radical (unpaired) electrons. The van der Waals surface area contributed by atoms with E-state index in [9.17, 15) is 13.2 Å². The quantitative estimate of drug-likeness (QED) is 0.380. The fraction of sp³-hybridized carbons (Fsp3) is 0.458. The average Bonchev–Trinajstić information content (AvgIpc) is 3.39. The lowest BCUT2D eigenvalue weighted by atomic mass is 9.95. The Morgan fingerprint density at radius 1 is 1.28 bits per heavy atom. The zero-order valence-electron chi connectivity index (χ0n) is 20.4. The number of alkyl halides is 3. The number of likely N-dealkylation sites (tertiary alicyclic amines) is 1. The Labute approximate surface area is 204 Å². The van der Waals surface area contributed by atoms with Crippen molar-refractivity contribution in [3.63, 3.8) is 0 Å². The van der Waals surface area contributed by atoms with E-state index in [1.807, 2.05) is 11.9 Å². The third-order valence-corrected chi connectivity index (χ3v) is 6.76. The number of anilines is 1. The summed E-state index contributed by atoms with van der Waals surface area (Å²) >= 11 is 0. The number of hydrogen-bond donors (Lipinski definition) is 1. The lowest BCUT2D eigenvalue weighted by Gasteiger charge is -2.21. The first-order chi connectivity index (χ1) is 17.1. The van der Waals surface area contributed by atoms with Crippen LogP contribution >= 0.6 is 0 Å². The molecule has 1 fully saturated rings. The standard InChI is InChI=1S/C24H27F4N7O/c1-13-30-17-6-5-14(7-18(17)34(13)11-19(26)27)20-16(25)10-35-21(20)22(36-4)31-23(32-35)29-8-15-9-33(3)12-24(15,2)28/h5-7,10,15,19H,8-9,11-12H2,1-4H3,(H,29,32)/t15-,24?/m1/s1. The highest BCUT2D eigenvalue weighted by Gasteiger charge is 2.41. The van der Waals surface area contributed by atoms with Gasteiger partial charge in [-0.15, -0.1) is 5.10 Å². The van der Waals surface area contributed by atoms with Crippen LogP contribution in [0.1, 0.15) is 12.7 Å². The van der Waals surface area contributed by atoms with Gasteiger partial charge < -0.3 is 19.5 Å². The largest absolute Gasteiger partial charge is 0.479 e. The van der Waals surface area contributed by atoms with E-state index in [1.54, 1.807) is 32.0 Å². The van der Waals surface area contributed by atoms with Crippen molar-refractivity contribution in [2.75, 3.05) is 39.1 Å². The van der Waals surface area contributed by atoms with E-state index in [4.69, 9.17) is 4.74 Å². The molecule has 0 spiro atoms. The van der Waals surface area contributed by atoms with Crippen molar-refractivity contribution in [1.29, 1.82) is 0 Å². The van der Waals surface area contributed by atoms with Gasteiger partial charge >= 0.3 is 0 Å². The molecule has 8 nitrogen and oxygen atoms in total. The Morgan fingerprint density at radius 2 is 2.06 bits per heavy atom. The molecule has 3 aromatic heterocycles. The first-order valence-electron chi connectivity index (χ1n) is 11.6. The van der Waals surface area contributed by atoms with Crippen molar-refractivity contribution in [1.82, 2.24) is 29.0 Å². The fourth-order valence-electron chi connectivity index (χ4n) is 5.06. The van der Waals surface area contributed by atoms with Gasteiger partial charge in [0.2, 0.25) is 11.8 Å². The van der Waals surface area contributed by atoms with E-state index >= 15 is 4.39 Å². The van der Waals surface area contributed by atoms with E-state index < -0.39 is 24.5 Å². The number of fused-ring (bicyclic) bond motifs is 2. The van der Waals surface area contributed by atoms with Crippen LogP contribution in [0.3, 0.4) is 0 Å². The Morgan fingerprint density at radius 3 is 2.72 bits per heavy atom. The summed E-state index contributed by atoms with van der Waals surface area (Å²) in [7, 11) is 3.28. The Hall–Kier alpha value is -3.41. The monoisotopic (exact) mass is 505 g/mol. The number of ether oxygens (including phenoxy) is 1. The zero-order chi connectivity index (χ0) is 25.8. The van der Waals surface area contributed by atoms with Crippen molar-refractivity contribution in [3.8, 4) is 17.0 Å². The second kappa shape index (κ2) is 8.91. The van der Waals surface area contributed by atoms with E-state index in [1.165, 1.54) is 22.4 Å². The molecule has 12 heteroatoms. The van der Waals surface area contributed by atoms with Gasteiger partial charge in [0.15, 0.2) is 5.82 Å². The minimum Gasteiger partial charge on any atom is -0.479 e. The molecule has 1 aromatic carbocycles. The highest BCUT2D eigenvalue weighted by molar-refractivity contribution is 5.90. The number of halogens is 4. The minimum absolute atomic E-state index is 0.121. The molecule has 2 atom stereocenters. The first-order valence-corrected chi connectivity index (χ1v) is 11.6. The van der Waals surface area contributed by atoms with Crippen LogP contribution in [0.15, 0.2) is 24.4 Å². The highest BCUT2D eigenvalue weighted by Crippen LogP contribution is 2.36. The van der Waals surface area contributed by atoms with E-state index in [0.717, 1.165) is 0 Å². The molecule has 4 heterocycles.